The zero-order valence-corrected chi connectivity index (χ0v) is 18.2. The van der Waals surface area contributed by atoms with Gasteiger partial charge in [0.1, 0.15) is 5.75 Å². The van der Waals surface area contributed by atoms with Crippen molar-refractivity contribution in [3.63, 3.8) is 0 Å². The summed E-state index contributed by atoms with van der Waals surface area (Å²) >= 11 is 0. The number of aryl methyl sites for hydroxylation is 1. The van der Waals surface area contributed by atoms with Crippen LogP contribution in [0.2, 0.25) is 0 Å². The van der Waals surface area contributed by atoms with Gasteiger partial charge in [-0.2, -0.15) is 4.31 Å². The van der Waals surface area contributed by atoms with Crippen molar-refractivity contribution in [3.05, 3.63) is 54.2 Å². The smallest absolute Gasteiger partial charge is 0.243 e. The van der Waals surface area contributed by atoms with Gasteiger partial charge in [0.05, 0.1) is 17.5 Å². The van der Waals surface area contributed by atoms with E-state index in [1.165, 1.54) is 0 Å². The maximum Gasteiger partial charge on any atom is 0.243 e. The number of rotatable bonds is 5. The summed E-state index contributed by atoms with van der Waals surface area (Å²) in [5.74, 6) is 0.754. The average molecular weight is 427 g/mol. The van der Waals surface area contributed by atoms with E-state index < -0.39 is 10.0 Å². The molecule has 2 heterocycles. The molecule has 0 aliphatic carbocycles. The first-order valence-electron chi connectivity index (χ1n) is 9.88. The summed E-state index contributed by atoms with van der Waals surface area (Å²) in [4.78, 5) is 7.02. The highest BCUT2D eigenvalue weighted by atomic mass is 32.2. The van der Waals surface area contributed by atoms with Crippen LogP contribution in [0.3, 0.4) is 0 Å². The summed E-state index contributed by atoms with van der Waals surface area (Å²) in [6.45, 7) is 4.47. The summed E-state index contributed by atoms with van der Waals surface area (Å²) in [5.41, 5.74) is 3.46. The van der Waals surface area contributed by atoms with E-state index in [2.05, 4.69) is 15.2 Å². The number of fused-ring (bicyclic) bond motifs is 1. The minimum Gasteiger partial charge on any atom is -0.497 e. The zero-order valence-electron chi connectivity index (χ0n) is 17.4. The minimum absolute atomic E-state index is 0.315. The molecule has 0 saturated carbocycles. The van der Waals surface area contributed by atoms with Gasteiger partial charge in [-0.15, -0.1) is 0 Å². The van der Waals surface area contributed by atoms with E-state index in [-0.39, 0.29) is 0 Å². The summed E-state index contributed by atoms with van der Waals surface area (Å²) in [7, 11) is 0.166. The van der Waals surface area contributed by atoms with E-state index in [9.17, 15) is 8.42 Å². The first-order valence-corrected chi connectivity index (χ1v) is 11.3. The van der Waals surface area contributed by atoms with Gasteiger partial charge in [0, 0.05) is 48.6 Å². The van der Waals surface area contributed by atoms with Gasteiger partial charge >= 0.3 is 0 Å². The van der Waals surface area contributed by atoms with Crippen LogP contribution in [0.25, 0.3) is 10.9 Å². The standard InChI is InChI=1S/C22H26N4O3S/c1-16-14-22(20-15-18(29-3)6-9-21(20)23-16)24-17-4-7-19(8-5-17)30(27,28)26-12-10-25(2)11-13-26/h4-9,14-15H,10-13H2,1-3H3,(H,23,24). The normalized spacial score (nSPS) is 16.0. The SMILES string of the molecule is COc1ccc2nc(C)cc(Nc3ccc(S(=O)(=O)N4CCN(C)CC4)cc3)c2c1. The van der Waals surface area contributed by atoms with E-state index in [4.69, 9.17) is 4.74 Å². The molecule has 4 rings (SSSR count). The number of likely N-dealkylation sites (N-methyl/N-ethyl adjacent to an activating group) is 1. The number of pyridine rings is 1. The van der Waals surface area contributed by atoms with Crippen LogP contribution in [0.4, 0.5) is 11.4 Å². The fourth-order valence-corrected chi connectivity index (χ4v) is 5.03. The molecule has 1 aliphatic heterocycles. The monoisotopic (exact) mass is 426 g/mol. The first-order chi connectivity index (χ1) is 14.4. The second-order valence-corrected chi connectivity index (χ2v) is 9.49. The van der Waals surface area contributed by atoms with Crippen molar-refractivity contribution in [2.45, 2.75) is 11.8 Å². The Labute approximate surface area is 177 Å². The number of methoxy groups -OCH3 is 1. The van der Waals surface area contributed by atoms with E-state index in [1.54, 1.807) is 35.7 Å². The number of nitrogens with one attached hydrogen (secondary N) is 1. The Morgan fingerprint density at radius 1 is 1.00 bits per heavy atom. The van der Waals surface area contributed by atoms with E-state index in [0.717, 1.165) is 46.8 Å². The van der Waals surface area contributed by atoms with Crippen LogP contribution in [-0.4, -0.2) is 62.9 Å². The number of hydrogen-bond acceptors (Lipinski definition) is 6. The van der Waals surface area contributed by atoms with Crippen LogP contribution in [-0.2, 0) is 10.0 Å². The number of benzene rings is 2. The molecule has 0 bridgehead atoms. The molecule has 0 radical (unpaired) electrons. The van der Waals surface area contributed by atoms with Crippen LogP contribution in [0.5, 0.6) is 5.75 Å². The largest absolute Gasteiger partial charge is 0.497 e. The van der Waals surface area contributed by atoms with Crippen LogP contribution in [0.15, 0.2) is 53.4 Å². The van der Waals surface area contributed by atoms with Gasteiger partial charge in [0.25, 0.3) is 0 Å². The fourth-order valence-electron chi connectivity index (χ4n) is 3.61. The van der Waals surface area contributed by atoms with Gasteiger partial charge < -0.3 is 15.0 Å². The first kappa shape index (κ1) is 20.6. The molecule has 3 aromatic rings. The maximum absolute atomic E-state index is 12.9. The molecule has 0 amide bonds. The molecule has 0 unspecified atom stereocenters. The third-order valence-electron chi connectivity index (χ3n) is 5.38. The molecule has 7 nitrogen and oxygen atoms in total. The Morgan fingerprint density at radius 2 is 1.70 bits per heavy atom. The Kier molecular flexibility index (Phi) is 5.64. The molecule has 0 spiro atoms. The van der Waals surface area contributed by atoms with Crippen molar-refractivity contribution in [2.24, 2.45) is 0 Å². The van der Waals surface area contributed by atoms with Crippen molar-refractivity contribution in [3.8, 4) is 5.75 Å². The molecule has 2 aromatic carbocycles. The molecule has 30 heavy (non-hydrogen) atoms. The second kappa shape index (κ2) is 8.22. The van der Waals surface area contributed by atoms with Gasteiger partial charge in [-0.1, -0.05) is 0 Å². The maximum atomic E-state index is 12.9. The van der Waals surface area contributed by atoms with Crippen LogP contribution in [0.1, 0.15) is 5.69 Å². The van der Waals surface area contributed by atoms with Gasteiger partial charge in [-0.05, 0) is 62.5 Å². The quantitative estimate of drug-likeness (QED) is 0.675. The average Bonchev–Trinajstić information content (AvgIpc) is 2.74. The predicted molar refractivity (Wildman–Crippen MR) is 119 cm³/mol. The summed E-state index contributed by atoms with van der Waals surface area (Å²) in [5, 5.41) is 4.33. The summed E-state index contributed by atoms with van der Waals surface area (Å²) < 4.78 is 32.7. The molecule has 158 valence electrons. The van der Waals surface area contributed by atoms with Crippen LogP contribution < -0.4 is 10.1 Å². The molecule has 1 N–H and O–H groups in total. The van der Waals surface area contributed by atoms with E-state index in [1.807, 2.05) is 38.2 Å². The van der Waals surface area contributed by atoms with Gasteiger partial charge in [-0.25, -0.2) is 8.42 Å². The lowest BCUT2D eigenvalue weighted by Crippen LogP contribution is -2.46. The second-order valence-electron chi connectivity index (χ2n) is 7.55. The van der Waals surface area contributed by atoms with Gasteiger partial charge in [0.2, 0.25) is 10.0 Å². The number of piperazine rings is 1. The number of anilines is 2. The molecule has 1 saturated heterocycles. The van der Waals surface area contributed by atoms with Crippen molar-refractivity contribution in [1.29, 1.82) is 0 Å². The minimum atomic E-state index is -3.47. The molecule has 0 atom stereocenters. The number of hydrogen-bond donors (Lipinski definition) is 1. The molecule has 8 heteroatoms. The lowest BCUT2D eigenvalue weighted by Gasteiger charge is -2.31. The lowest BCUT2D eigenvalue weighted by atomic mass is 10.1. The Bertz CT molecular complexity index is 1150. The van der Waals surface area contributed by atoms with Crippen molar-refractivity contribution in [2.75, 3.05) is 45.7 Å². The Balaban J connectivity index is 1.60. The molecular weight excluding hydrogens is 400 g/mol. The van der Waals surface area contributed by atoms with Crippen LogP contribution >= 0.6 is 0 Å². The number of ether oxygens (including phenoxy) is 1. The Hall–Kier alpha value is -2.68. The molecule has 1 aliphatic rings. The molecule has 1 fully saturated rings. The number of sulfonamides is 1. The number of nitrogens with zero attached hydrogens (tertiary/aromatic N) is 3. The third-order valence-corrected chi connectivity index (χ3v) is 7.29. The van der Waals surface area contributed by atoms with Gasteiger partial charge in [-0.3, -0.25) is 4.98 Å². The zero-order chi connectivity index (χ0) is 21.3. The topological polar surface area (TPSA) is 74.8 Å². The van der Waals surface area contributed by atoms with Crippen molar-refractivity contribution >= 4 is 32.3 Å². The predicted octanol–water partition coefficient (Wildman–Crippen LogP) is 3.23. The molecular formula is C22H26N4O3S. The summed E-state index contributed by atoms with van der Waals surface area (Å²) in [6, 6.07) is 14.6. The molecule has 1 aromatic heterocycles. The highest BCUT2D eigenvalue weighted by Gasteiger charge is 2.27. The number of aromatic nitrogens is 1. The highest BCUT2D eigenvalue weighted by molar-refractivity contribution is 7.89. The fraction of sp³-hybridized carbons (Fsp3) is 0.318. The Morgan fingerprint density at radius 3 is 2.37 bits per heavy atom. The van der Waals surface area contributed by atoms with Crippen LogP contribution in [0, 0.1) is 6.92 Å². The van der Waals surface area contributed by atoms with Crippen molar-refractivity contribution in [1.82, 2.24) is 14.2 Å². The van der Waals surface area contributed by atoms with E-state index >= 15 is 0 Å². The lowest BCUT2D eigenvalue weighted by molar-refractivity contribution is 0.222. The highest BCUT2D eigenvalue weighted by Crippen LogP contribution is 2.30. The van der Waals surface area contributed by atoms with E-state index in [0.29, 0.717) is 18.0 Å². The summed E-state index contributed by atoms with van der Waals surface area (Å²) in [6.07, 6.45) is 0. The van der Waals surface area contributed by atoms with Gasteiger partial charge in [0.15, 0.2) is 0 Å². The third kappa shape index (κ3) is 4.12. The van der Waals surface area contributed by atoms with Crippen molar-refractivity contribution < 1.29 is 13.2 Å².